The maximum Gasteiger partial charge on any atom is 0.326 e. The predicted molar refractivity (Wildman–Crippen MR) is 183 cm³/mol. The van der Waals surface area contributed by atoms with Crippen LogP contribution in [0.4, 0.5) is 5.82 Å². The number of rotatable bonds is 11. The smallest absolute Gasteiger partial charge is 0.326 e. The van der Waals surface area contributed by atoms with Gasteiger partial charge in [-0.2, -0.15) is 9.97 Å². The van der Waals surface area contributed by atoms with E-state index in [4.69, 9.17) is 19.7 Å². The first-order chi connectivity index (χ1) is 22.7. The largest absolute Gasteiger partial charge is 0.424 e. The number of hydrogen-bond donors (Lipinski definition) is 2. The van der Waals surface area contributed by atoms with Gasteiger partial charge in [-0.1, -0.05) is 127 Å². The molecule has 7 nitrogen and oxygen atoms in total. The summed E-state index contributed by atoms with van der Waals surface area (Å²) in [5.41, 5.74) is 7.93. The van der Waals surface area contributed by atoms with Gasteiger partial charge in [0, 0.05) is 0 Å². The van der Waals surface area contributed by atoms with E-state index in [1.165, 1.54) is 5.56 Å². The minimum absolute atomic E-state index is 0.0792. The molecule has 2 aromatic heterocycles. The number of aliphatic hydroxyl groups excluding tert-OH is 1. The summed E-state index contributed by atoms with van der Waals surface area (Å²) in [6.07, 6.45) is 2.40. The number of nitrogens with one attached hydrogen (secondary N) is 1. The molecule has 7 rings (SSSR count). The lowest BCUT2D eigenvalue weighted by molar-refractivity contribution is 0.273. The van der Waals surface area contributed by atoms with Crippen LogP contribution in [0.25, 0.3) is 33.4 Å². The standard InChI is InChI=1S/C39H33N5O2/c45-26-34(23-28-11-4-1-5-12-28)41-37-36-38(43-39(42-37)46-35-18-10-17-33(24-35)31-15-8-3-9-16-31)44(27-40-36)25-29-19-21-32(22-20-29)30-13-6-2-7-14-30/h1-22,24,27,34,45H,23,25-26H2,(H,41,42,43)/t34-/m0/s1. The van der Waals surface area contributed by atoms with E-state index in [1.54, 1.807) is 6.33 Å². The Morgan fingerprint density at radius 2 is 1.28 bits per heavy atom. The van der Waals surface area contributed by atoms with Crippen molar-refractivity contribution in [3.05, 3.63) is 157 Å². The van der Waals surface area contributed by atoms with Gasteiger partial charge in [-0.05, 0) is 51.9 Å². The van der Waals surface area contributed by atoms with Gasteiger partial charge in [-0.15, -0.1) is 0 Å². The molecule has 7 aromatic rings. The van der Waals surface area contributed by atoms with E-state index >= 15 is 0 Å². The van der Waals surface area contributed by atoms with Crippen LogP contribution < -0.4 is 10.1 Å². The zero-order valence-corrected chi connectivity index (χ0v) is 25.2. The molecule has 0 unspecified atom stereocenters. The molecule has 0 radical (unpaired) electrons. The van der Waals surface area contributed by atoms with E-state index in [2.05, 4.69) is 53.8 Å². The molecule has 2 heterocycles. The highest BCUT2D eigenvalue weighted by Gasteiger charge is 2.19. The molecular weight excluding hydrogens is 570 g/mol. The van der Waals surface area contributed by atoms with Gasteiger partial charge < -0.3 is 19.7 Å². The molecule has 0 bridgehead atoms. The first-order valence-corrected chi connectivity index (χ1v) is 15.3. The number of ether oxygens (including phenoxy) is 1. The fourth-order valence-corrected chi connectivity index (χ4v) is 5.54. The second kappa shape index (κ2) is 13.5. The van der Waals surface area contributed by atoms with Crippen molar-refractivity contribution in [1.29, 1.82) is 0 Å². The number of benzene rings is 5. The van der Waals surface area contributed by atoms with Gasteiger partial charge in [-0.25, -0.2) is 4.98 Å². The molecular formula is C39H33N5O2. The summed E-state index contributed by atoms with van der Waals surface area (Å²) < 4.78 is 8.29. The third-order valence-electron chi connectivity index (χ3n) is 7.89. The van der Waals surface area contributed by atoms with Crippen molar-refractivity contribution >= 4 is 17.0 Å². The van der Waals surface area contributed by atoms with Gasteiger partial charge in [0.25, 0.3) is 0 Å². The fourth-order valence-electron chi connectivity index (χ4n) is 5.54. The Labute approximate surface area is 267 Å². The zero-order chi connectivity index (χ0) is 31.1. The Morgan fingerprint density at radius 1 is 0.652 bits per heavy atom. The van der Waals surface area contributed by atoms with Gasteiger partial charge in [0.15, 0.2) is 17.0 Å². The van der Waals surface area contributed by atoms with Crippen LogP contribution in [0.15, 0.2) is 146 Å². The van der Waals surface area contributed by atoms with Crippen LogP contribution in [0.3, 0.4) is 0 Å². The van der Waals surface area contributed by atoms with Gasteiger partial charge >= 0.3 is 6.01 Å². The van der Waals surface area contributed by atoms with E-state index < -0.39 is 0 Å². The van der Waals surface area contributed by atoms with E-state index in [0.29, 0.717) is 35.7 Å². The zero-order valence-electron chi connectivity index (χ0n) is 25.2. The molecule has 1 atom stereocenters. The van der Waals surface area contributed by atoms with Crippen LogP contribution in [0.1, 0.15) is 11.1 Å². The molecule has 7 heteroatoms. The number of aliphatic hydroxyl groups is 1. The van der Waals surface area contributed by atoms with Gasteiger partial charge in [0.1, 0.15) is 5.75 Å². The highest BCUT2D eigenvalue weighted by Crippen LogP contribution is 2.29. The maximum atomic E-state index is 10.3. The molecule has 5 aromatic carbocycles. The molecule has 2 N–H and O–H groups in total. The molecule has 0 aliphatic rings. The quantitative estimate of drug-likeness (QED) is 0.156. The van der Waals surface area contributed by atoms with Crippen LogP contribution in [0.2, 0.25) is 0 Å². The average Bonchev–Trinajstić information content (AvgIpc) is 3.52. The lowest BCUT2D eigenvalue weighted by Crippen LogP contribution is -2.27. The first-order valence-electron chi connectivity index (χ1n) is 15.3. The highest BCUT2D eigenvalue weighted by molar-refractivity contribution is 5.83. The van der Waals surface area contributed by atoms with E-state index in [0.717, 1.165) is 27.8 Å². The van der Waals surface area contributed by atoms with Gasteiger partial charge in [0.05, 0.1) is 25.5 Å². The van der Waals surface area contributed by atoms with E-state index in [9.17, 15) is 5.11 Å². The predicted octanol–water partition coefficient (Wildman–Crippen LogP) is 8.02. The third kappa shape index (κ3) is 6.65. The average molecular weight is 604 g/mol. The number of anilines is 1. The van der Waals surface area contributed by atoms with Crippen molar-refractivity contribution in [2.45, 2.75) is 19.0 Å². The Balaban J connectivity index is 1.22. The Bertz CT molecular complexity index is 2030. The van der Waals surface area contributed by atoms with Crippen molar-refractivity contribution in [2.75, 3.05) is 11.9 Å². The molecule has 0 saturated heterocycles. The van der Waals surface area contributed by atoms with E-state index in [-0.39, 0.29) is 18.7 Å². The van der Waals surface area contributed by atoms with E-state index in [1.807, 2.05) is 95.6 Å². The molecule has 0 fully saturated rings. The van der Waals surface area contributed by atoms with Crippen molar-refractivity contribution in [2.24, 2.45) is 0 Å². The van der Waals surface area contributed by atoms with Crippen LogP contribution >= 0.6 is 0 Å². The van der Waals surface area contributed by atoms with Gasteiger partial charge in [0.2, 0.25) is 0 Å². The number of aromatic nitrogens is 4. The molecule has 0 saturated carbocycles. The SMILES string of the molecule is OC[C@H](Cc1ccccc1)Nc1nc(Oc2cccc(-c3ccccc3)c2)nc2c1ncn2Cc1ccc(-c2ccccc2)cc1. The number of imidazole rings is 1. The van der Waals surface area contributed by atoms with Gasteiger partial charge in [-0.3, -0.25) is 0 Å². The minimum Gasteiger partial charge on any atom is -0.424 e. The topological polar surface area (TPSA) is 85.1 Å². The monoisotopic (exact) mass is 603 g/mol. The summed E-state index contributed by atoms with van der Waals surface area (Å²) in [4.78, 5) is 14.3. The number of fused-ring (bicyclic) bond motifs is 1. The van der Waals surface area contributed by atoms with Crippen molar-refractivity contribution in [3.63, 3.8) is 0 Å². The molecule has 0 amide bonds. The Hall–Kier alpha value is -5.79. The Morgan fingerprint density at radius 3 is 1.98 bits per heavy atom. The summed E-state index contributed by atoms with van der Waals surface area (Å²) in [6.45, 7) is 0.489. The van der Waals surface area contributed by atoms with Crippen LogP contribution in [0.5, 0.6) is 11.8 Å². The normalized spacial score (nSPS) is 11.8. The second-order valence-corrected chi connectivity index (χ2v) is 11.2. The molecule has 46 heavy (non-hydrogen) atoms. The molecule has 0 spiro atoms. The Kier molecular flexibility index (Phi) is 8.47. The van der Waals surface area contributed by atoms with Crippen molar-refractivity contribution in [3.8, 4) is 34.0 Å². The molecule has 0 aliphatic carbocycles. The second-order valence-electron chi connectivity index (χ2n) is 11.2. The summed E-state index contributed by atoms with van der Waals surface area (Å²) in [6, 6.07) is 46.9. The van der Waals surface area contributed by atoms with Crippen LogP contribution in [0, 0.1) is 0 Å². The maximum absolute atomic E-state index is 10.3. The summed E-state index contributed by atoms with van der Waals surface area (Å²) in [7, 11) is 0. The highest BCUT2D eigenvalue weighted by atomic mass is 16.5. The molecule has 226 valence electrons. The summed E-state index contributed by atoms with van der Waals surface area (Å²) >= 11 is 0. The minimum atomic E-state index is -0.287. The fraction of sp³-hybridized carbons (Fsp3) is 0.103. The van der Waals surface area contributed by atoms with Crippen molar-refractivity contribution < 1.29 is 9.84 Å². The number of nitrogens with zero attached hydrogens (tertiary/aromatic N) is 4. The summed E-state index contributed by atoms with van der Waals surface area (Å²) in [5, 5.41) is 13.7. The molecule has 0 aliphatic heterocycles. The first kappa shape index (κ1) is 29.0. The lowest BCUT2D eigenvalue weighted by Gasteiger charge is -2.18. The lowest BCUT2D eigenvalue weighted by atomic mass is 10.0. The third-order valence-corrected chi connectivity index (χ3v) is 7.89. The summed E-state index contributed by atoms with van der Waals surface area (Å²) in [5.74, 6) is 1.13. The van der Waals surface area contributed by atoms with Crippen LogP contribution in [-0.2, 0) is 13.0 Å². The number of hydrogen-bond acceptors (Lipinski definition) is 6. The van der Waals surface area contributed by atoms with Crippen LogP contribution in [-0.4, -0.2) is 37.3 Å². The van der Waals surface area contributed by atoms with Crippen molar-refractivity contribution in [1.82, 2.24) is 19.5 Å².